The number of nitrogens with zero attached hydrogens (tertiary/aromatic N) is 3. The Morgan fingerprint density at radius 3 is 2.62 bits per heavy atom. The number of carbonyl (C=O) groups excluding carboxylic acids is 1. The number of amides is 1. The van der Waals surface area contributed by atoms with Gasteiger partial charge in [-0.05, 0) is 68.0 Å². The highest BCUT2D eigenvalue weighted by Crippen LogP contribution is 2.29. The summed E-state index contributed by atoms with van der Waals surface area (Å²) in [4.78, 5) is 31.1. The predicted octanol–water partition coefficient (Wildman–Crippen LogP) is 5.72. The van der Waals surface area contributed by atoms with E-state index in [0.717, 1.165) is 34.2 Å². The highest BCUT2D eigenvalue weighted by atomic mass is 32.2. The number of aromatic nitrogens is 3. The monoisotopic (exact) mass is 552 g/mol. The van der Waals surface area contributed by atoms with Crippen molar-refractivity contribution in [1.82, 2.24) is 19.4 Å². The molecular formula is C26H21FN4O3S3. The standard InChI is InChI=1S/C26H21FN4O3S3/c1-15-5-8-17(9-6-15)30-24(33)22-23(31(26(35)37-22)20-12-16(2)7-10-19(20)27)29-25(30)36-14-21(32)28-13-18-4-3-11-34-18/h3-12H,13-14H2,1-2H3,(H,28,32). The molecule has 1 N–H and O–H groups in total. The number of hydrogen-bond acceptors (Lipinski definition) is 7. The van der Waals surface area contributed by atoms with Gasteiger partial charge in [0.2, 0.25) is 5.91 Å². The second kappa shape index (κ2) is 10.4. The average molecular weight is 553 g/mol. The Balaban J connectivity index is 1.60. The van der Waals surface area contributed by atoms with Gasteiger partial charge in [-0.25, -0.2) is 9.37 Å². The molecule has 5 rings (SSSR count). The molecule has 0 aliphatic carbocycles. The number of rotatable bonds is 7. The minimum absolute atomic E-state index is 0.00813. The first-order valence-electron chi connectivity index (χ1n) is 11.3. The van der Waals surface area contributed by atoms with Gasteiger partial charge >= 0.3 is 0 Å². The SMILES string of the molecule is Cc1ccc(-n2c(SCC(=O)NCc3ccco3)nc3c(sc(=S)n3-c3cc(C)ccc3F)c2=O)cc1. The van der Waals surface area contributed by atoms with Gasteiger partial charge in [0.1, 0.15) is 16.3 Å². The maximum Gasteiger partial charge on any atom is 0.278 e. The van der Waals surface area contributed by atoms with Crippen LogP contribution >= 0.6 is 35.3 Å². The first-order valence-corrected chi connectivity index (χ1v) is 13.5. The Kier molecular flexibility index (Phi) is 7.09. The number of aryl methyl sites for hydroxylation is 2. The van der Waals surface area contributed by atoms with Crippen LogP contribution in [-0.2, 0) is 11.3 Å². The van der Waals surface area contributed by atoms with Gasteiger partial charge in [-0.3, -0.25) is 18.7 Å². The van der Waals surface area contributed by atoms with Crippen LogP contribution in [0, 0.1) is 23.6 Å². The molecule has 37 heavy (non-hydrogen) atoms. The maximum atomic E-state index is 14.8. The number of halogens is 1. The Labute approximate surface area is 224 Å². The van der Waals surface area contributed by atoms with Gasteiger partial charge < -0.3 is 9.73 Å². The van der Waals surface area contributed by atoms with Crippen molar-refractivity contribution in [3.05, 3.63) is 97.9 Å². The lowest BCUT2D eigenvalue weighted by atomic mass is 10.2. The third-order valence-electron chi connectivity index (χ3n) is 5.58. The van der Waals surface area contributed by atoms with E-state index < -0.39 is 5.82 Å². The molecule has 0 aliphatic rings. The summed E-state index contributed by atoms with van der Waals surface area (Å²) in [6, 6.07) is 15.6. The summed E-state index contributed by atoms with van der Waals surface area (Å²) in [6.07, 6.45) is 1.54. The molecule has 0 fully saturated rings. The highest BCUT2D eigenvalue weighted by Gasteiger charge is 2.21. The first kappa shape index (κ1) is 25.1. The van der Waals surface area contributed by atoms with Crippen molar-refractivity contribution in [2.45, 2.75) is 25.5 Å². The topological polar surface area (TPSA) is 82.1 Å². The zero-order valence-electron chi connectivity index (χ0n) is 19.9. The third kappa shape index (κ3) is 5.15. The zero-order valence-corrected chi connectivity index (χ0v) is 22.3. The van der Waals surface area contributed by atoms with Crippen LogP contribution in [-0.4, -0.2) is 25.8 Å². The lowest BCUT2D eigenvalue weighted by molar-refractivity contribution is -0.118. The lowest BCUT2D eigenvalue weighted by Crippen LogP contribution is -2.26. The molecule has 0 radical (unpaired) electrons. The van der Waals surface area contributed by atoms with Gasteiger partial charge in [-0.15, -0.1) is 0 Å². The van der Waals surface area contributed by atoms with Crippen molar-refractivity contribution in [1.29, 1.82) is 0 Å². The number of thioether (sulfide) groups is 1. The van der Waals surface area contributed by atoms with Gasteiger partial charge in [0.25, 0.3) is 5.56 Å². The quantitative estimate of drug-likeness (QED) is 0.158. The van der Waals surface area contributed by atoms with Crippen LogP contribution in [0.5, 0.6) is 0 Å². The van der Waals surface area contributed by atoms with Gasteiger partial charge in [0, 0.05) is 0 Å². The minimum atomic E-state index is -0.475. The van der Waals surface area contributed by atoms with E-state index in [9.17, 15) is 14.0 Å². The van der Waals surface area contributed by atoms with Crippen molar-refractivity contribution in [2.24, 2.45) is 0 Å². The third-order valence-corrected chi connectivity index (χ3v) is 7.87. The fraction of sp³-hybridized carbons (Fsp3) is 0.154. The molecular weight excluding hydrogens is 532 g/mol. The van der Waals surface area contributed by atoms with Crippen LogP contribution in [0.15, 0.2) is 75.2 Å². The normalized spacial score (nSPS) is 11.2. The molecule has 0 atom stereocenters. The lowest BCUT2D eigenvalue weighted by Gasteiger charge is -2.13. The Hall–Kier alpha value is -3.54. The largest absolute Gasteiger partial charge is 0.467 e. The second-order valence-electron chi connectivity index (χ2n) is 8.33. The van der Waals surface area contributed by atoms with Crippen molar-refractivity contribution in [3.63, 3.8) is 0 Å². The molecule has 0 bridgehead atoms. The van der Waals surface area contributed by atoms with Crippen LogP contribution in [0.2, 0.25) is 0 Å². The summed E-state index contributed by atoms with van der Waals surface area (Å²) in [6.45, 7) is 4.05. The Morgan fingerprint density at radius 1 is 1.14 bits per heavy atom. The van der Waals surface area contributed by atoms with Crippen LogP contribution in [0.3, 0.4) is 0 Å². The van der Waals surface area contributed by atoms with Gasteiger partial charge in [-0.2, -0.15) is 0 Å². The number of carbonyl (C=O) groups is 1. The van der Waals surface area contributed by atoms with E-state index in [4.69, 9.17) is 21.6 Å². The van der Waals surface area contributed by atoms with Gasteiger partial charge in [0.15, 0.2) is 14.8 Å². The van der Waals surface area contributed by atoms with E-state index in [1.807, 2.05) is 38.1 Å². The maximum absolute atomic E-state index is 14.8. The predicted molar refractivity (Wildman–Crippen MR) is 146 cm³/mol. The van der Waals surface area contributed by atoms with E-state index >= 15 is 0 Å². The highest BCUT2D eigenvalue weighted by molar-refractivity contribution is 7.99. The average Bonchev–Trinajstić information content (AvgIpc) is 3.51. The molecule has 3 aromatic heterocycles. The zero-order chi connectivity index (χ0) is 26.1. The molecule has 0 spiro atoms. The number of furan rings is 1. The molecule has 3 heterocycles. The Morgan fingerprint density at radius 2 is 1.89 bits per heavy atom. The van der Waals surface area contributed by atoms with E-state index in [0.29, 0.717) is 25.3 Å². The van der Waals surface area contributed by atoms with Crippen LogP contribution in [0.4, 0.5) is 4.39 Å². The van der Waals surface area contributed by atoms with Crippen molar-refractivity contribution in [3.8, 4) is 11.4 Å². The Bertz CT molecular complexity index is 1720. The second-order valence-corrected chi connectivity index (χ2v) is 10.9. The number of nitrogens with one attached hydrogen (secondary N) is 1. The summed E-state index contributed by atoms with van der Waals surface area (Å²) >= 11 is 7.74. The van der Waals surface area contributed by atoms with Crippen LogP contribution in [0.1, 0.15) is 16.9 Å². The van der Waals surface area contributed by atoms with Gasteiger partial charge in [-0.1, -0.05) is 46.9 Å². The summed E-state index contributed by atoms with van der Waals surface area (Å²) < 4.78 is 23.7. The molecule has 0 unspecified atom stereocenters. The van der Waals surface area contributed by atoms with Crippen molar-refractivity contribution in [2.75, 3.05) is 5.75 Å². The minimum Gasteiger partial charge on any atom is -0.467 e. The number of thiazole rings is 1. The molecule has 1 amide bonds. The first-order chi connectivity index (χ1) is 17.8. The van der Waals surface area contributed by atoms with Gasteiger partial charge in [0.05, 0.1) is 29.9 Å². The summed E-state index contributed by atoms with van der Waals surface area (Å²) in [5.41, 5.74) is 2.63. The number of hydrogen-bond donors (Lipinski definition) is 1. The summed E-state index contributed by atoms with van der Waals surface area (Å²) in [7, 11) is 0. The van der Waals surface area contributed by atoms with E-state index in [-0.39, 0.29) is 35.1 Å². The van der Waals surface area contributed by atoms with E-state index in [2.05, 4.69) is 5.32 Å². The fourth-order valence-electron chi connectivity index (χ4n) is 3.74. The number of fused-ring (bicyclic) bond motifs is 1. The van der Waals surface area contributed by atoms with Crippen LogP contribution in [0.25, 0.3) is 21.7 Å². The molecule has 7 nitrogen and oxygen atoms in total. The van der Waals surface area contributed by atoms with E-state index in [1.165, 1.54) is 21.5 Å². The molecule has 11 heteroatoms. The molecule has 2 aromatic carbocycles. The molecule has 0 saturated heterocycles. The molecule has 188 valence electrons. The molecule has 0 saturated carbocycles. The van der Waals surface area contributed by atoms with Crippen LogP contribution < -0.4 is 10.9 Å². The van der Waals surface area contributed by atoms with Crippen molar-refractivity contribution >= 4 is 51.6 Å². The molecule has 5 aromatic rings. The smallest absolute Gasteiger partial charge is 0.278 e. The summed E-state index contributed by atoms with van der Waals surface area (Å²) in [5.74, 6) is -0.0868. The van der Waals surface area contributed by atoms with E-state index in [1.54, 1.807) is 24.3 Å². The molecule has 0 aliphatic heterocycles. The fourth-order valence-corrected chi connectivity index (χ4v) is 5.86. The number of benzene rings is 2. The summed E-state index contributed by atoms with van der Waals surface area (Å²) in [5, 5.41) is 3.09. The van der Waals surface area contributed by atoms with Crippen molar-refractivity contribution < 1.29 is 13.6 Å².